The molecule has 0 bridgehead atoms. The zero-order valence-corrected chi connectivity index (χ0v) is 8.16. The molecule has 0 radical (unpaired) electrons. The number of aliphatic hydroxyl groups excluding tert-OH is 1. The molecule has 0 heterocycles. The molecule has 0 aromatic carbocycles. The third-order valence-electron chi connectivity index (χ3n) is 1.93. The fraction of sp³-hybridized carbons (Fsp3) is 1.00. The first-order chi connectivity index (χ1) is 6.33. The number of rotatable bonds is 8. The molecule has 1 atom stereocenters. The van der Waals surface area contributed by atoms with Crippen molar-refractivity contribution in [2.75, 3.05) is 26.4 Å². The van der Waals surface area contributed by atoms with E-state index in [9.17, 15) is 5.11 Å². The number of hydrogen-bond acceptors (Lipinski definition) is 4. The van der Waals surface area contributed by atoms with Gasteiger partial charge in [0.1, 0.15) is 0 Å². The van der Waals surface area contributed by atoms with Crippen molar-refractivity contribution < 1.29 is 14.7 Å². The molecule has 1 saturated carbocycles. The van der Waals surface area contributed by atoms with Gasteiger partial charge < -0.3 is 14.7 Å². The van der Waals surface area contributed by atoms with Crippen LogP contribution in [0.1, 0.15) is 19.8 Å². The fourth-order valence-corrected chi connectivity index (χ4v) is 0.971. The van der Waals surface area contributed by atoms with Gasteiger partial charge in [-0.25, -0.2) is 0 Å². The molecular weight excluding hydrogens is 170 g/mol. The monoisotopic (exact) mass is 189 g/mol. The highest BCUT2D eigenvalue weighted by atomic mass is 16.6. The number of aliphatic hydroxyl groups is 1. The quantitative estimate of drug-likeness (QED) is 0.426. The Labute approximate surface area is 79.2 Å². The Morgan fingerprint density at radius 1 is 1.54 bits per heavy atom. The van der Waals surface area contributed by atoms with Crippen molar-refractivity contribution in [3.8, 4) is 0 Å². The normalized spacial score (nSPS) is 18.9. The Morgan fingerprint density at radius 3 is 2.92 bits per heavy atom. The first-order valence-electron chi connectivity index (χ1n) is 4.93. The zero-order chi connectivity index (χ0) is 9.52. The summed E-state index contributed by atoms with van der Waals surface area (Å²) in [7, 11) is 0. The standard InChI is InChI=1S/C9H19NO3/c1-2-13-10-5-9(11)7-12-6-8-3-4-8/h8-11H,2-7H2,1H3. The molecule has 4 nitrogen and oxygen atoms in total. The van der Waals surface area contributed by atoms with Gasteiger partial charge >= 0.3 is 0 Å². The van der Waals surface area contributed by atoms with Gasteiger partial charge in [-0.2, -0.15) is 5.48 Å². The van der Waals surface area contributed by atoms with Crippen LogP contribution in [-0.2, 0) is 9.57 Å². The maximum atomic E-state index is 9.34. The zero-order valence-electron chi connectivity index (χ0n) is 8.16. The molecule has 0 aromatic heterocycles. The SMILES string of the molecule is CCONCC(O)COCC1CC1. The molecule has 0 saturated heterocycles. The fourth-order valence-electron chi connectivity index (χ4n) is 0.971. The largest absolute Gasteiger partial charge is 0.389 e. The van der Waals surface area contributed by atoms with Crippen LogP contribution in [0, 0.1) is 5.92 Å². The predicted molar refractivity (Wildman–Crippen MR) is 49.2 cm³/mol. The van der Waals surface area contributed by atoms with E-state index in [1.165, 1.54) is 12.8 Å². The van der Waals surface area contributed by atoms with Crippen LogP contribution in [0.5, 0.6) is 0 Å². The average Bonchev–Trinajstić information content (AvgIpc) is 2.89. The Kier molecular flexibility index (Phi) is 5.31. The minimum absolute atomic E-state index is 0.399. The summed E-state index contributed by atoms with van der Waals surface area (Å²) in [4.78, 5) is 4.88. The second-order valence-electron chi connectivity index (χ2n) is 3.42. The molecule has 0 amide bonds. The first kappa shape index (κ1) is 10.9. The summed E-state index contributed by atoms with van der Waals surface area (Å²) in [6.07, 6.45) is 2.10. The topological polar surface area (TPSA) is 50.7 Å². The maximum absolute atomic E-state index is 9.34. The third-order valence-corrected chi connectivity index (χ3v) is 1.93. The molecule has 1 aliphatic carbocycles. The summed E-state index contributed by atoms with van der Waals surface area (Å²) >= 11 is 0. The van der Waals surface area contributed by atoms with Crippen LogP contribution < -0.4 is 5.48 Å². The van der Waals surface area contributed by atoms with Crippen molar-refractivity contribution in [1.29, 1.82) is 0 Å². The van der Waals surface area contributed by atoms with Crippen molar-refractivity contribution in [2.24, 2.45) is 5.92 Å². The van der Waals surface area contributed by atoms with Gasteiger partial charge in [0.05, 0.1) is 19.3 Å². The van der Waals surface area contributed by atoms with Crippen LogP contribution in [-0.4, -0.2) is 37.6 Å². The summed E-state index contributed by atoms with van der Waals surface area (Å²) in [5.41, 5.74) is 2.66. The number of ether oxygens (including phenoxy) is 1. The summed E-state index contributed by atoms with van der Waals surface area (Å²) in [5.74, 6) is 0.757. The van der Waals surface area contributed by atoms with Crippen LogP contribution in [0.2, 0.25) is 0 Å². The molecule has 0 spiro atoms. The van der Waals surface area contributed by atoms with E-state index in [0.29, 0.717) is 19.8 Å². The highest BCUT2D eigenvalue weighted by Crippen LogP contribution is 2.28. The van der Waals surface area contributed by atoms with E-state index in [2.05, 4.69) is 5.48 Å². The van der Waals surface area contributed by atoms with E-state index < -0.39 is 6.10 Å². The van der Waals surface area contributed by atoms with Gasteiger partial charge in [-0.15, -0.1) is 0 Å². The molecule has 2 N–H and O–H groups in total. The lowest BCUT2D eigenvalue weighted by molar-refractivity contribution is -0.0128. The molecule has 4 heteroatoms. The Morgan fingerprint density at radius 2 is 2.31 bits per heavy atom. The predicted octanol–water partition coefficient (Wildman–Crippen LogP) is 0.315. The van der Waals surface area contributed by atoms with Crippen molar-refractivity contribution >= 4 is 0 Å². The summed E-state index contributed by atoms with van der Waals surface area (Å²) in [6.45, 7) is 4.12. The average molecular weight is 189 g/mol. The molecule has 1 fully saturated rings. The lowest BCUT2D eigenvalue weighted by atomic mass is 10.4. The molecule has 0 aromatic rings. The Hall–Kier alpha value is -0.160. The molecule has 1 aliphatic rings. The van der Waals surface area contributed by atoms with Gasteiger partial charge in [-0.1, -0.05) is 0 Å². The number of hydrogen-bond donors (Lipinski definition) is 2. The molecular formula is C9H19NO3. The van der Waals surface area contributed by atoms with Crippen LogP contribution >= 0.6 is 0 Å². The number of hydroxylamine groups is 1. The molecule has 0 aliphatic heterocycles. The molecule has 78 valence electrons. The lowest BCUT2D eigenvalue weighted by Gasteiger charge is -2.11. The van der Waals surface area contributed by atoms with Gasteiger partial charge in [0.15, 0.2) is 0 Å². The van der Waals surface area contributed by atoms with E-state index in [0.717, 1.165) is 12.5 Å². The van der Waals surface area contributed by atoms with Gasteiger partial charge in [-0.05, 0) is 25.7 Å². The van der Waals surface area contributed by atoms with Gasteiger partial charge in [-0.3, -0.25) is 0 Å². The maximum Gasteiger partial charge on any atom is 0.0920 e. The van der Waals surface area contributed by atoms with E-state index in [4.69, 9.17) is 9.57 Å². The van der Waals surface area contributed by atoms with Crippen LogP contribution in [0.4, 0.5) is 0 Å². The minimum atomic E-state index is -0.467. The van der Waals surface area contributed by atoms with Crippen LogP contribution in [0.15, 0.2) is 0 Å². The second-order valence-corrected chi connectivity index (χ2v) is 3.42. The van der Waals surface area contributed by atoms with Gasteiger partial charge in [0.2, 0.25) is 0 Å². The lowest BCUT2D eigenvalue weighted by Crippen LogP contribution is -2.30. The summed E-state index contributed by atoms with van der Waals surface area (Å²) in [5, 5.41) is 9.34. The van der Waals surface area contributed by atoms with Crippen molar-refractivity contribution in [3.63, 3.8) is 0 Å². The highest BCUT2D eigenvalue weighted by molar-refractivity contribution is 4.72. The molecule has 1 rings (SSSR count). The van der Waals surface area contributed by atoms with Crippen LogP contribution in [0.25, 0.3) is 0 Å². The summed E-state index contributed by atoms with van der Waals surface area (Å²) < 4.78 is 5.30. The smallest absolute Gasteiger partial charge is 0.0920 e. The minimum Gasteiger partial charge on any atom is -0.389 e. The number of nitrogens with one attached hydrogen (secondary N) is 1. The van der Waals surface area contributed by atoms with E-state index in [-0.39, 0.29) is 0 Å². The summed E-state index contributed by atoms with van der Waals surface area (Å²) in [6, 6.07) is 0. The highest BCUT2D eigenvalue weighted by Gasteiger charge is 2.21. The first-order valence-corrected chi connectivity index (χ1v) is 4.93. The molecule has 13 heavy (non-hydrogen) atoms. The van der Waals surface area contributed by atoms with Crippen molar-refractivity contribution in [3.05, 3.63) is 0 Å². The second kappa shape index (κ2) is 6.32. The Balaban J connectivity index is 1.81. The van der Waals surface area contributed by atoms with E-state index in [1.807, 2.05) is 6.92 Å². The van der Waals surface area contributed by atoms with E-state index in [1.54, 1.807) is 0 Å². The van der Waals surface area contributed by atoms with Gasteiger partial charge in [0, 0.05) is 13.2 Å². The van der Waals surface area contributed by atoms with Gasteiger partial charge in [0.25, 0.3) is 0 Å². The Bertz CT molecular complexity index is 128. The van der Waals surface area contributed by atoms with Crippen molar-refractivity contribution in [1.82, 2.24) is 5.48 Å². The molecule has 1 unspecified atom stereocenters. The van der Waals surface area contributed by atoms with E-state index >= 15 is 0 Å². The van der Waals surface area contributed by atoms with Crippen molar-refractivity contribution in [2.45, 2.75) is 25.9 Å². The van der Waals surface area contributed by atoms with Crippen LogP contribution in [0.3, 0.4) is 0 Å². The third kappa shape index (κ3) is 5.99.